The molecule has 4 heteroatoms. The molecule has 0 aliphatic carbocycles. The summed E-state index contributed by atoms with van der Waals surface area (Å²) in [4.78, 5) is 14.9. The highest BCUT2D eigenvalue weighted by molar-refractivity contribution is 6.83. The van der Waals surface area contributed by atoms with Crippen molar-refractivity contribution in [2.45, 2.75) is 95.7 Å². The smallest absolute Gasteiger partial charge is 0.231 e. The average molecular weight is 312 g/mol. The van der Waals surface area contributed by atoms with Crippen molar-refractivity contribution in [2.75, 3.05) is 0 Å². The first-order valence-corrected chi connectivity index (χ1v) is 11.3. The first kappa shape index (κ1) is 17.0. The molecule has 21 heavy (non-hydrogen) atoms. The summed E-state index contributed by atoms with van der Waals surface area (Å²) < 4.78 is 0. The number of hydrogen-bond donors (Lipinski definition) is 1. The van der Waals surface area contributed by atoms with Crippen molar-refractivity contribution in [2.24, 2.45) is 5.92 Å². The summed E-state index contributed by atoms with van der Waals surface area (Å²) >= 11 is 0. The zero-order chi connectivity index (χ0) is 16.4. The number of aliphatic hydroxyl groups is 1. The predicted octanol–water partition coefficient (Wildman–Crippen LogP) is 3.57. The van der Waals surface area contributed by atoms with Crippen LogP contribution < -0.4 is 0 Å². The molecule has 0 aromatic rings. The molecule has 0 spiro atoms. The average Bonchev–Trinajstić information content (AvgIpc) is 2.24. The third kappa shape index (κ3) is 2.21. The van der Waals surface area contributed by atoms with Crippen LogP contribution in [0.3, 0.4) is 0 Å². The number of amides is 1. The van der Waals surface area contributed by atoms with Gasteiger partial charge in [0.1, 0.15) is 0 Å². The van der Waals surface area contributed by atoms with Gasteiger partial charge in [-0.05, 0) is 45.1 Å². The van der Waals surface area contributed by atoms with Crippen molar-refractivity contribution in [1.82, 2.24) is 4.90 Å². The molecular weight excluding hydrogens is 278 g/mol. The maximum atomic E-state index is 12.8. The summed E-state index contributed by atoms with van der Waals surface area (Å²) in [7, 11) is -2.02. The Balaban J connectivity index is 2.33. The van der Waals surface area contributed by atoms with Gasteiger partial charge in [0.2, 0.25) is 5.91 Å². The van der Waals surface area contributed by atoms with Gasteiger partial charge in [-0.3, -0.25) is 4.79 Å². The Morgan fingerprint density at radius 1 is 1.24 bits per heavy atom. The van der Waals surface area contributed by atoms with Crippen LogP contribution in [-0.2, 0) is 4.79 Å². The van der Waals surface area contributed by atoms with Crippen molar-refractivity contribution in [1.29, 1.82) is 0 Å². The van der Waals surface area contributed by atoms with Crippen molar-refractivity contribution in [3.63, 3.8) is 0 Å². The topological polar surface area (TPSA) is 40.5 Å². The molecule has 122 valence electrons. The molecule has 0 bridgehead atoms. The summed E-state index contributed by atoms with van der Waals surface area (Å²) in [6.07, 6.45) is 3.28. The number of β-lactam (4-membered cyclic amide) rings is 1. The number of piperidine rings is 1. The zero-order valence-electron chi connectivity index (χ0n) is 15.1. The van der Waals surface area contributed by atoms with Crippen molar-refractivity contribution >= 4 is 14.0 Å². The molecule has 3 unspecified atom stereocenters. The van der Waals surface area contributed by atoms with E-state index in [1.54, 1.807) is 0 Å². The molecule has 2 aliphatic heterocycles. The normalized spacial score (nSPS) is 32.2. The summed E-state index contributed by atoms with van der Waals surface area (Å²) in [5, 5.41) is 10.6. The number of hydrogen-bond acceptors (Lipinski definition) is 2. The van der Waals surface area contributed by atoms with Gasteiger partial charge in [-0.15, -0.1) is 0 Å². The highest BCUT2D eigenvalue weighted by Gasteiger charge is 2.65. The van der Waals surface area contributed by atoms with E-state index < -0.39 is 13.3 Å². The van der Waals surface area contributed by atoms with Gasteiger partial charge in [-0.1, -0.05) is 33.9 Å². The quantitative estimate of drug-likeness (QED) is 0.625. The zero-order valence-corrected chi connectivity index (χ0v) is 16.1. The van der Waals surface area contributed by atoms with Gasteiger partial charge in [-0.25, -0.2) is 0 Å². The molecule has 2 heterocycles. The van der Waals surface area contributed by atoms with Gasteiger partial charge in [0.05, 0.1) is 19.2 Å². The van der Waals surface area contributed by atoms with E-state index in [-0.39, 0.29) is 28.4 Å². The lowest BCUT2D eigenvalue weighted by molar-refractivity contribution is -0.186. The third-order valence-electron chi connectivity index (χ3n) is 6.91. The fraction of sp³-hybridized carbons (Fsp3) is 0.941. The van der Waals surface area contributed by atoms with Crippen LogP contribution in [0.5, 0.6) is 0 Å². The molecule has 3 atom stereocenters. The maximum absolute atomic E-state index is 12.8. The minimum atomic E-state index is -2.02. The van der Waals surface area contributed by atoms with Crippen LogP contribution in [0.25, 0.3) is 0 Å². The van der Waals surface area contributed by atoms with Gasteiger partial charge in [-0.2, -0.15) is 0 Å². The standard InChI is InChI=1S/C17H33NO2Si/c1-15(2,3)21(7,8)17(6,20)13-12-10-9-11-16(4,5)18(12)14(13)19/h12-13,20H,9-11H2,1-8H3. The SMILES string of the molecule is CC1(C)CCCC2C(C(C)(O)[Si](C)(C)C(C)(C)C)C(=O)N21. The second-order valence-electron chi connectivity index (χ2n) is 9.48. The molecule has 1 amide bonds. The van der Waals surface area contributed by atoms with Crippen LogP contribution >= 0.6 is 0 Å². The predicted molar refractivity (Wildman–Crippen MR) is 89.9 cm³/mol. The number of carbonyl (C=O) groups is 1. The van der Waals surface area contributed by atoms with E-state index in [1.807, 2.05) is 6.92 Å². The van der Waals surface area contributed by atoms with E-state index in [2.05, 4.69) is 52.6 Å². The first-order chi connectivity index (χ1) is 9.25. The van der Waals surface area contributed by atoms with Gasteiger partial charge < -0.3 is 10.0 Å². The van der Waals surface area contributed by atoms with Crippen molar-refractivity contribution in [3.8, 4) is 0 Å². The highest BCUT2D eigenvalue weighted by atomic mass is 28.3. The minimum absolute atomic E-state index is 0.0417. The summed E-state index contributed by atoms with van der Waals surface area (Å²) in [6.45, 7) is 17.3. The molecule has 2 rings (SSSR count). The van der Waals surface area contributed by atoms with E-state index in [0.29, 0.717) is 0 Å². The monoisotopic (exact) mass is 311 g/mol. The van der Waals surface area contributed by atoms with Crippen LogP contribution in [0.15, 0.2) is 0 Å². The Hall–Kier alpha value is -0.353. The molecule has 0 aromatic carbocycles. The van der Waals surface area contributed by atoms with Gasteiger partial charge in [0, 0.05) is 11.6 Å². The Labute approximate surface area is 131 Å². The Kier molecular flexibility index (Phi) is 3.70. The number of rotatable bonds is 2. The summed E-state index contributed by atoms with van der Waals surface area (Å²) in [6, 6.07) is 0.241. The summed E-state index contributed by atoms with van der Waals surface area (Å²) in [5.74, 6) is -0.0162. The maximum Gasteiger partial charge on any atom is 0.231 e. The third-order valence-corrected chi connectivity index (χ3v) is 13.5. The van der Waals surface area contributed by atoms with E-state index in [0.717, 1.165) is 19.3 Å². The number of nitrogens with zero attached hydrogens (tertiary/aromatic N) is 1. The number of fused-ring (bicyclic) bond motifs is 1. The number of carbonyl (C=O) groups excluding carboxylic acids is 1. The molecule has 0 saturated carbocycles. The highest BCUT2D eigenvalue weighted by Crippen LogP contribution is 2.53. The van der Waals surface area contributed by atoms with E-state index in [9.17, 15) is 9.90 Å². The Morgan fingerprint density at radius 2 is 1.76 bits per heavy atom. The molecule has 0 radical (unpaired) electrons. The van der Waals surface area contributed by atoms with Gasteiger partial charge in [0.25, 0.3) is 0 Å². The van der Waals surface area contributed by atoms with E-state index in [4.69, 9.17) is 0 Å². The minimum Gasteiger partial charge on any atom is -0.393 e. The van der Waals surface area contributed by atoms with Gasteiger partial charge in [0.15, 0.2) is 0 Å². The molecule has 0 aromatic heterocycles. The first-order valence-electron chi connectivity index (χ1n) is 8.31. The van der Waals surface area contributed by atoms with E-state index in [1.165, 1.54) is 0 Å². The lowest BCUT2D eigenvalue weighted by atomic mass is 9.71. The van der Waals surface area contributed by atoms with Crippen LogP contribution in [-0.4, -0.2) is 40.8 Å². The largest absolute Gasteiger partial charge is 0.393 e. The lowest BCUT2D eigenvalue weighted by Gasteiger charge is -2.64. The van der Waals surface area contributed by atoms with E-state index >= 15 is 0 Å². The Morgan fingerprint density at radius 3 is 2.24 bits per heavy atom. The second-order valence-corrected chi connectivity index (χ2v) is 15.2. The second kappa shape index (κ2) is 4.57. The fourth-order valence-corrected chi connectivity index (χ4v) is 6.83. The Bertz CT molecular complexity index is 448. The fourth-order valence-electron chi connectivity index (χ4n) is 4.22. The lowest BCUT2D eigenvalue weighted by Crippen LogP contribution is -2.78. The molecular formula is C17H33NO2Si. The van der Waals surface area contributed by atoms with Crippen molar-refractivity contribution in [3.05, 3.63) is 0 Å². The molecule has 3 nitrogen and oxygen atoms in total. The van der Waals surface area contributed by atoms with Crippen LogP contribution in [0.2, 0.25) is 18.1 Å². The summed E-state index contributed by atoms with van der Waals surface area (Å²) in [5.41, 5.74) is -0.0417. The van der Waals surface area contributed by atoms with Crippen LogP contribution in [0.1, 0.15) is 60.8 Å². The van der Waals surface area contributed by atoms with Crippen LogP contribution in [0.4, 0.5) is 0 Å². The molecule has 1 N–H and O–H groups in total. The molecule has 2 aliphatic rings. The molecule has 2 fully saturated rings. The van der Waals surface area contributed by atoms with Gasteiger partial charge >= 0.3 is 0 Å². The molecule has 2 saturated heterocycles. The van der Waals surface area contributed by atoms with Crippen molar-refractivity contribution < 1.29 is 9.90 Å². The van der Waals surface area contributed by atoms with Crippen LogP contribution in [0, 0.1) is 5.92 Å².